The summed E-state index contributed by atoms with van der Waals surface area (Å²) in [5.74, 6) is 0.220. The second-order valence-electron chi connectivity index (χ2n) is 4.72. The third-order valence-corrected chi connectivity index (χ3v) is 2.86. The van der Waals surface area contributed by atoms with Gasteiger partial charge in [0.25, 0.3) is 0 Å². The Kier molecular flexibility index (Phi) is 5.22. The van der Waals surface area contributed by atoms with Crippen molar-refractivity contribution in [2.45, 2.75) is 58.8 Å². The highest BCUT2D eigenvalue weighted by Gasteiger charge is 2.32. The zero-order valence-corrected chi connectivity index (χ0v) is 10.8. The fraction of sp³-hybridized carbons (Fsp3) is 0.917. The molecule has 1 N–H and O–H groups in total. The Morgan fingerprint density at radius 3 is 2.56 bits per heavy atom. The van der Waals surface area contributed by atoms with Gasteiger partial charge in [0.1, 0.15) is 0 Å². The van der Waals surface area contributed by atoms with E-state index in [2.05, 4.69) is 5.32 Å². The molecular formula is C12H24N2O2. The summed E-state index contributed by atoms with van der Waals surface area (Å²) in [5.41, 5.74) is 0. The molecule has 0 radical (unpaired) electrons. The summed E-state index contributed by atoms with van der Waals surface area (Å²) in [6.45, 7) is 9.65. The number of carbonyl (C=O) groups excluding carboxylic acids is 1. The maximum Gasteiger partial charge on any atom is 0.240 e. The third kappa shape index (κ3) is 3.76. The highest BCUT2D eigenvalue weighted by Crippen LogP contribution is 2.11. The Bertz CT molecular complexity index is 231. The average molecular weight is 228 g/mol. The van der Waals surface area contributed by atoms with E-state index in [0.29, 0.717) is 6.10 Å². The number of hydrogen-bond donors (Lipinski definition) is 1. The Balaban J connectivity index is 2.15. The summed E-state index contributed by atoms with van der Waals surface area (Å²) in [5, 5.41) is 3.22. The number of ether oxygens (including phenoxy) is 1. The first kappa shape index (κ1) is 13.5. The number of rotatable bonds is 6. The molecular weight excluding hydrogens is 204 g/mol. The van der Waals surface area contributed by atoms with Crippen molar-refractivity contribution in [2.75, 3.05) is 13.2 Å². The summed E-state index contributed by atoms with van der Waals surface area (Å²) < 4.78 is 5.46. The second-order valence-corrected chi connectivity index (χ2v) is 4.72. The van der Waals surface area contributed by atoms with Crippen LogP contribution in [0.3, 0.4) is 0 Å². The molecule has 0 spiro atoms. The molecule has 1 aliphatic heterocycles. The van der Waals surface area contributed by atoms with Crippen molar-refractivity contribution in [1.82, 2.24) is 10.2 Å². The van der Waals surface area contributed by atoms with Crippen LogP contribution in [0.25, 0.3) is 0 Å². The topological polar surface area (TPSA) is 41.6 Å². The molecule has 0 aromatic rings. The van der Waals surface area contributed by atoms with Crippen molar-refractivity contribution < 1.29 is 9.53 Å². The lowest BCUT2D eigenvalue weighted by atomic mass is 10.3. The SMILES string of the molecule is CC(C)OCCCCN1C(=O)C(C)NC1C. The third-order valence-electron chi connectivity index (χ3n) is 2.86. The molecule has 94 valence electrons. The summed E-state index contributed by atoms with van der Waals surface area (Å²) in [6, 6.07) is -0.0260. The van der Waals surface area contributed by atoms with Crippen LogP contribution in [0.4, 0.5) is 0 Å². The molecule has 1 fully saturated rings. The lowest BCUT2D eigenvalue weighted by molar-refractivity contribution is -0.129. The minimum Gasteiger partial charge on any atom is -0.379 e. The number of nitrogens with zero attached hydrogens (tertiary/aromatic N) is 1. The Morgan fingerprint density at radius 2 is 2.06 bits per heavy atom. The number of carbonyl (C=O) groups is 1. The molecule has 2 unspecified atom stereocenters. The molecule has 1 amide bonds. The Hall–Kier alpha value is -0.610. The first-order valence-corrected chi connectivity index (χ1v) is 6.20. The quantitative estimate of drug-likeness (QED) is 0.698. The standard InChI is InChI=1S/C12H24N2O2/c1-9(2)16-8-6-5-7-14-11(4)13-10(3)12(14)15/h9-11,13H,5-8H2,1-4H3. The lowest BCUT2D eigenvalue weighted by Crippen LogP contribution is -2.35. The van der Waals surface area contributed by atoms with Crippen molar-refractivity contribution in [3.05, 3.63) is 0 Å². The van der Waals surface area contributed by atoms with Crippen molar-refractivity contribution in [2.24, 2.45) is 0 Å². The smallest absolute Gasteiger partial charge is 0.240 e. The number of amides is 1. The molecule has 0 bridgehead atoms. The molecule has 4 heteroatoms. The van der Waals surface area contributed by atoms with Crippen molar-refractivity contribution in [3.63, 3.8) is 0 Å². The molecule has 0 aliphatic carbocycles. The first-order chi connectivity index (χ1) is 7.52. The first-order valence-electron chi connectivity index (χ1n) is 6.20. The van der Waals surface area contributed by atoms with Crippen LogP contribution in [-0.4, -0.2) is 42.3 Å². The van der Waals surface area contributed by atoms with Gasteiger partial charge in [-0.25, -0.2) is 0 Å². The van der Waals surface area contributed by atoms with Gasteiger partial charge in [-0.1, -0.05) is 0 Å². The van der Waals surface area contributed by atoms with Gasteiger partial charge in [-0.3, -0.25) is 10.1 Å². The maximum absolute atomic E-state index is 11.7. The van der Waals surface area contributed by atoms with Crippen molar-refractivity contribution in [3.8, 4) is 0 Å². The van der Waals surface area contributed by atoms with Crippen LogP contribution < -0.4 is 5.32 Å². The van der Waals surface area contributed by atoms with Crippen LogP contribution in [0.1, 0.15) is 40.5 Å². The zero-order chi connectivity index (χ0) is 12.1. The summed E-state index contributed by atoms with van der Waals surface area (Å²) in [7, 11) is 0. The number of nitrogens with one attached hydrogen (secondary N) is 1. The van der Waals surface area contributed by atoms with E-state index in [1.807, 2.05) is 32.6 Å². The van der Waals surface area contributed by atoms with Crippen LogP contribution in [0.2, 0.25) is 0 Å². The average Bonchev–Trinajstić information content (AvgIpc) is 2.43. The fourth-order valence-corrected chi connectivity index (χ4v) is 1.97. The molecule has 4 nitrogen and oxygen atoms in total. The van der Waals surface area contributed by atoms with E-state index in [4.69, 9.17) is 4.74 Å². The minimum absolute atomic E-state index is 0.0260. The van der Waals surface area contributed by atoms with E-state index in [-0.39, 0.29) is 18.1 Å². The van der Waals surface area contributed by atoms with Gasteiger partial charge in [0.2, 0.25) is 5.91 Å². The Morgan fingerprint density at radius 1 is 1.38 bits per heavy atom. The summed E-state index contributed by atoms with van der Waals surface area (Å²) >= 11 is 0. The highest BCUT2D eigenvalue weighted by molar-refractivity contribution is 5.83. The largest absolute Gasteiger partial charge is 0.379 e. The normalized spacial score (nSPS) is 25.8. The lowest BCUT2D eigenvalue weighted by Gasteiger charge is -2.20. The summed E-state index contributed by atoms with van der Waals surface area (Å²) in [6.07, 6.45) is 2.50. The van der Waals surface area contributed by atoms with Gasteiger partial charge >= 0.3 is 0 Å². The Labute approximate surface area is 98.3 Å². The number of unbranched alkanes of at least 4 members (excludes halogenated alkanes) is 1. The number of hydrogen-bond acceptors (Lipinski definition) is 3. The molecule has 16 heavy (non-hydrogen) atoms. The van der Waals surface area contributed by atoms with Crippen LogP contribution >= 0.6 is 0 Å². The van der Waals surface area contributed by atoms with E-state index in [1.54, 1.807) is 0 Å². The molecule has 2 atom stereocenters. The van der Waals surface area contributed by atoms with Gasteiger partial charge in [0, 0.05) is 13.2 Å². The molecule has 1 rings (SSSR count). The molecule has 0 saturated carbocycles. The van der Waals surface area contributed by atoms with Crippen LogP contribution in [0.5, 0.6) is 0 Å². The van der Waals surface area contributed by atoms with E-state index in [9.17, 15) is 4.79 Å². The highest BCUT2D eigenvalue weighted by atomic mass is 16.5. The summed E-state index contributed by atoms with van der Waals surface area (Å²) in [4.78, 5) is 13.6. The van der Waals surface area contributed by atoms with Crippen molar-refractivity contribution in [1.29, 1.82) is 0 Å². The van der Waals surface area contributed by atoms with Crippen LogP contribution in [0, 0.1) is 0 Å². The maximum atomic E-state index is 11.7. The molecule has 1 aliphatic rings. The van der Waals surface area contributed by atoms with Gasteiger partial charge in [-0.05, 0) is 40.5 Å². The molecule has 0 aromatic heterocycles. The predicted molar refractivity (Wildman–Crippen MR) is 64.1 cm³/mol. The second kappa shape index (κ2) is 6.21. The van der Waals surface area contributed by atoms with Gasteiger partial charge in [-0.2, -0.15) is 0 Å². The fourth-order valence-electron chi connectivity index (χ4n) is 1.97. The van der Waals surface area contributed by atoms with E-state index < -0.39 is 0 Å². The molecule has 1 heterocycles. The predicted octanol–water partition coefficient (Wildman–Crippen LogP) is 1.36. The van der Waals surface area contributed by atoms with E-state index in [0.717, 1.165) is 26.0 Å². The van der Waals surface area contributed by atoms with Crippen molar-refractivity contribution >= 4 is 5.91 Å². The van der Waals surface area contributed by atoms with Crippen LogP contribution in [-0.2, 0) is 9.53 Å². The monoisotopic (exact) mass is 228 g/mol. The minimum atomic E-state index is -0.0260. The van der Waals surface area contributed by atoms with Crippen LogP contribution in [0.15, 0.2) is 0 Å². The zero-order valence-electron chi connectivity index (χ0n) is 10.8. The van der Waals surface area contributed by atoms with E-state index >= 15 is 0 Å². The molecule has 0 aromatic carbocycles. The van der Waals surface area contributed by atoms with Gasteiger partial charge in [-0.15, -0.1) is 0 Å². The molecule has 1 saturated heterocycles. The van der Waals surface area contributed by atoms with E-state index in [1.165, 1.54) is 0 Å². The van der Waals surface area contributed by atoms with Gasteiger partial charge in [0.05, 0.1) is 18.3 Å². The van der Waals surface area contributed by atoms with Gasteiger partial charge in [0.15, 0.2) is 0 Å². The van der Waals surface area contributed by atoms with Gasteiger partial charge < -0.3 is 9.64 Å².